The molecular formula is C30H34N4O6S. The minimum absolute atomic E-state index is 0.243. The molecular weight excluding hydrogens is 544 g/mol. The first kappa shape index (κ1) is 29.6. The Labute approximate surface area is 240 Å². The number of methoxy groups -OCH3 is 2. The maximum Gasteiger partial charge on any atom is 0.243 e. The molecule has 0 saturated carbocycles. The van der Waals surface area contributed by atoms with Crippen molar-refractivity contribution in [2.24, 2.45) is 4.99 Å². The molecule has 1 heterocycles. The predicted molar refractivity (Wildman–Crippen MR) is 160 cm³/mol. The number of likely N-dealkylation sites (N-methyl/N-ethyl adjacent to an activating group) is 1. The normalized spacial score (nSPS) is 14.7. The first-order valence-electron chi connectivity index (χ1n) is 13.2. The summed E-state index contributed by atoms with van der Waals surface area (Å²) in [5.74, 6) is -0.272. The van der Waals surface area contributed by atoms with E-state index >= 15 is 0 Å². The monoisotopic (exact) mass is 578 g/mol. The van der Waals surface area contributed by atoms with Crippen molar-refractivity contribution in [2.45, 2.75) is 19.8 Å². The number of benzene rings is 3. The van der Waals surface area contributed by atoms with E-state index in [4.69, 9.17) is 14.5 Å². The van der Waals surface area contributed by atoms with E-state index in [1.54, 1.807) is 41.3 Å². The van der Waals surface area contributed by atoms with Gasteiger partial charge < -0.3 is 19.7 Å². The number of carbonyl (C=O) groups is 2. The molecule has 0 fully saturated rings. The van der Waals surface area contributed by atoms with Gasteiger partial charge in [-0.3, -0.25) is 18.9 Å². The van der Waals surface area contributed by atoms with Gasteiger partial charge in [0, 0.05) is 24.8 Å². The lowest BCUT2D eigenvalue weighted by Gasteiger charge is -2.26. The zero-order valence-electron chi connectivity index (χ0n) is 23.7. The number of hydrogen-bond acceptors (Lipinski definition) is 7. The van der Waals surface area contributed by atoms with E-state index in [0.29, 0.717) is 52.9 Å². The fraction of sp³-hybridized carbons (Fsp3) is 0.300. The number of sulfonamides is 1. The first-order chi connectivity index (χ1) is 19.6. The van der Waals surface area contributed by atoms with Crippen LogP contribution in [0.25, 0.3) is 0 Å². The molecule has 1 N–H and O–H groups in total. The Morgan fingerprint density at radius 2 is 1.56 bits per heavy atom. The Balaban J connectivity index is 1.75. The summed E-state index contributed by atoms with van der Waals surface area (Å²) in [6.45, 7) is 4.36. The topological polar surface area (TPSA) is 118 Å². The maximum atomic E-state index is 13.3. The van der Waals surface area contributed by atoms with Crippen LogP contribution in [0, 0.1) is 0 Å². The van der Waals surface area contributed by atoms with E-state index < -0.39 is 15.9 Å². The lowest BCUT2D eigenvalue weighted by atomic mass is 9.90. The van der Waals surface area contributed by atoms with Gasteiger partial charge in [0.2, 0.25) is 21.8 Å². The van der Waals surface area contributed by atoms with Gasteiger partial charge in [0.1, 0.15) is 12.5 Å². The molecule has 1 aliphatic heterocycles. The predicted octanol–water partition coefficient (Wildman–Crippen LogP) is 4.19. The highest BCUT2D eigenvalue weighted by atomic mass is 32.2. The van der Waals surface area contributed by atoms with Crippen molar-refractivity contribution in [3.05, 3.63) is 77.9 Å². The van der Waals surface area contributed by atoms with E-state index in [2.05, 4.69) is 5.32 Å². The Kier molecular flexibility index (Phi) is 8.97. The van der Waals surface area contributed by atoms with Crippen LogP contribution in [0.15, 0.2) is 71.7 Å². The van der Waals surface area contributed by atoms with E-state index in [0.717, 1.165) is 16.1 Å². The molecule has 41 heavy (non-hydrogen) atoms. The molecule has 0 radical (unpaired) electrons. The lowest BCUT2D eigenvalue weighted by molar-refractivity contribution is -0.129. The molecule has 4 rings (SSSR count). The quantitative estimate of drug-likeness (QED) is 0.341. The zero-order valence-corrected chi connectivity index (χ0v) is 24.6. The van der Waals surface area contributed by atoms with Crippen LogP contribution in [-0.4, -0.2) is 71.0 Å². The van der Waals surface area contributed by atoms with Crippen LogP contribution in [0.2, 0.25) is 0 Å². The van der Waals surface area contributed by atoms with Crippen molar-refractivity contribution >= 4 is 44.6 Å². The van der Waals surface area contributed by atoms with Crippen LogP contribution in [0.5, 0.6) is 11.5 Å². The molecule has 216 valence electrons. The summed E-state index contributed by atoms with van der Waals surface area (Å²) in [5.41, 5.74) is 3.43. The molecule has 10 nitrogen and oxygen atoms in total. The minimum atomic E-state index is -3.73. The van der Waals surface area contributed by atoms with Crippen molar-refractivity contribution in [3.8, 4) is 11.5 Å². The number of ether oxygens (including phenoxy) is 2. The van der Waals surface area contributed by atoms with Gasteiger partial charge in [-0.1, -0.05) is 30.3 Å². The van der Waals surface area contributed by atoms with Crippen LogP contribution < -0.4 is 19.1 Å². The first-order valence-corrected chi connectivity index (χ1v) is 15.0. The molecule has 0 bridgehead atoms. The number of fused-ring (bicyclic) bond motifs is 1. The highest BCUT2D eigenvalue weighted by Crippen LogP contribution is 2.42. The molecule has 3 aromatic rings. The maximum absolute atomic E-state index is 13.3. The second-order valence-electron chi connectivity index (χ2n) is 9.43. The number of nitrogens with zero attached hydrogens (tertiary/aromatic N) is 3. The third-order valence-corrected chi connectivity index (χ3v) is 8.05. The molecule has 11 heteroatoms. The summed E-state index contributed by atoms with van der Waals surface area (Å²) in [6.07, 6.45) is 1.07. The fourth-order valence-corrected chi connectivity index (χ4v) is 5.65. The van der Waals surface area contributed by atoms with E-state index in [-0.39, 0.29) is 18.4 Å². The third kappa shape index (κ3) is 6.35. The Hall–Kier alpha value is -4.38. The molecule has 1 atom stereocenters. The van der Waals surface area contributed by atoms with Crippen molar-refractivity contribution in [2.75, 3.05) is 49.7 Å². The SMILES string of the molecule is CCN(CC)C(=O)CN(c1ccc(N=C(c2ccccc2)C2C(=O)Nc3cc(OC)c(OC)cc32)cc1)S(C)(=O)=O. The van der Waals surface area contributed by atoms with Crippen molar-refractivity contribution in [3.63, 3.8) is 0 Å². The number of carbonyl (C=O) groups excluding carboxylic acids is 2. The molecule has 1 unspecified atom stereocenters. The van der Waals surface area contributed by atoms with E-state index in [1.165, 1.54) is 14.2 Å². The molecule has 0 saturated heterocycles. The molecule has 2 amide bonds. The molecule has 0 aliphatic carbocycles. The van der Waals surface area contributed by atoms with Crippen molar-refractivity contribution in [1.29, 1.82) is 0 Å². The van der Waals surface area contributed by atoms with Crippen LogP contribution >= 0.6 is 0 Å². The summed E-state index contributed by atoms with van der Waals surface area (Å²) in [7, 11) is -0.668. The van der Waals surface area contributed by atoms with Gasteiger partial charge in [-0.25, -0.2) is 8.42 Å². The number of hydrogen-bond donors (Lipinski definition) is 1. The van der Waals surface area contributed by atoms with Gasteiger partial charge in [-0.15, -0.1) is 0 Å². The second-order valence-corrected chi connectivity index (χ2v) is 11.3. The van der Waals surface area contributed by atoms with Crippen LogP contribution in [0.3, 0.4) is 0 Å². The van der Waals surface area contributed by atoms with Gasteiger partial charge in [0.25, 0.3) is 0 Å². The summed E-state index contributed by atoms with van der Waals surface area (Å²) in [6, 6.07) is 19.4. The van der Waals surface area contributed by atoms with Gasteiger partial charge in [0.05, 0.1) is 37.6 Å². The Bertz CT molecular complexity index is 1550. The number of nitrogens with one attached hydrogen (secondary N) is 1. The zero-order chi connectivity index (χ0) is 29.7. The van der Waals surface area contributed by atoms with Gasteiger partial charge in [-0.05, 0) is 55.3 Å². The standard InChI is InChI=1S/C30H34N4O6S/c1-6-33(7-2)27(35)19-34(41(5,37)38)22-15-13-21(14-16-22)31-29(20-11-9-8-10-12-20)28-23-17-25(39-3)26(40-4)18-24(23)32-30(28)36/h8-18,28H,6-7,19H2,1-5H3,(H,32,36). The summed E-state index contributed by atoms with van der Waals surface area (Å²) in [4.78, 5) is 32.5. The van der Waals surface area contributed by atoms with Crippen LogP contribution in [-0.2, 0) is 19.6 Å². The number of rotatable bonds is 11. The molecule has 3 aromatic carbocycles. The van der Waals surface area contributed by atoms with Gasteiger partial charge >= 0.3 is 0 Å². The summed E-state index contributed by atoms with van der Waals surface area (Å²) < 4.78 is 37.2. The molecule has 1 aliphatic rings. The number of amides is 2. The number of anilines is 2. The number of aliphatic imine (C=N–C) groups is 1. The van der Waals surface area contributed by atoms with Crippen LogP contribution in [0.4, 0.5) is 17.1 Å². The largest absolute Gasteiger partial charge is 0.493 e. The minimum Gasteiger partial charge on any atom is -0.493 e. The van der Waals surface area contributed by atoms with Gasteiger partial charge in [0.15, 0.2) is 11.5 Å². The van der Waals surface area contributed by atoms with E-state index in [9.17, 15) is 18.0 Å². The average Bonchev–Trinajstić information content (AvgIpc) is 3.28. The highest BCUT2D eigenvalue weighted by Gasteiger charge is 2.37. The molecule has 0 spiro atoms. The van der Waals surface area contributed by atoms with Crippen molar-refractivity contribution < 1.29 is 27.5 Å². The second kappa shape index (κ2) is 12.4. The third-order valence-electron chi connectivity index (χ3n) is 6.91. The average molecular weight is 579 g/mol. The molecule has 0 aromatic heterocycles. The lowest BCUT2D eigenvalue weighted by Crippen LogP contribution is -2.42. The van der Waals surface area contributed by atoms with Crippen molar-refractivity contribution in [1.82, 2.24) is 4.90 Å². The van der Waals surface area contributed by atoms with Gasteiger partial charge in [-0.2, -0.15) is 0 Å². The fourth-order valence-electron chi connectivity index (χ4n) is 4.80. The Morgan fingerprint density at radius 3 is 2.12 bits per heavy atom. The van der Waals surface area contributed by atoms with Crippen LogP contribution in [0.1, 0.15) is 30.9 Å². The van der Waals surface area contributed by atoms with E-state index in [1.807, 2.05) is 44.2 Å². The summed E-state index contributed by atoms with van der Waals surface area (Å²) in [5, 5.41) is 2.92. The summed E-state index contributed by atoms with van der Waals surface area (Å²) >= 11 is 0. The smallest absolute Gasteiger partial charge is 0.243 e. The Morgan fingerprint density at radius 1 is 0.951 bits per heavy atom. The highest BCUT2D eigenvalue weighted by molar-refractivity contribution is 7.92.